The topological polar surface area (TPSA) is 54.8 Å². The number of rotatable bonds is 7. The fourth-order valence-corrected chi connectivity index (χ4v) is 3.79. The van der Waals surface area contributed by atoms with Gasteiger partial charge >= 0.3 is 0 Å². The summed E-state index contributed by atoms with van der Waals surface area (Å²) < 4.78 is 5.94. The quantitative estimate of drug-likeness (QED) is 0.537. The standard InChI is InChI=1S/C19H24ClN3O2/c1-2-9-23-18(7-8-22-23)15-6-4-3-5-14(15)13-25-19-11-21-10-17(20)16(19)12-24/h8,10-12,18H,2-7,9,13H2,1H3. The molecule has 134 valence electrons. The van der Waals surface area contributed by atoms with Gasteiger partial charge in [0.1, 0.15) is 12.4 Å². The summed E-state index contributed by atoms with van der Waals surface area (Å²) in [6.07, 6.45) is 12.3. The molecule has 5 nitrogen and oxygen atoms in total. The van der Waals surface area contributed by atoms with Crippen molar-refractivity contribution in [2.45, 2.75) is 51.5 Å². The zero-order chi connectivity index (χ0) is 17.6. The van der Waals surface area contributed by atoms with Crippen molar-refractivity contribution in [3.05, 3.63) is 34.1 Å². The van der Waals surface area contributed by atoms with Crippen molar-refractivity contribution in [2.75, 3.05) is 13.2 Å². The summed E-state index contributed by atoms with van der Waals surface area (Å²) in [6, 6.07) is 0.363. The third kappa shape index (κ3) is 4.03. The Morgan fingerprint density at radius 2 is 2.20 bits per heavy atom. The van der Waals surface area contributed by atoms with Crippen molar-refractivity contribution in [3.63, 3.8) is 0 Å². The lowest BCUT2D eigenvalue weighted by molar-refractivity contribution is 0.112. The highest BCUT2D eigenvalue weighted by atomic mass is 35.5. The lowest BCUT2D eigenvalue weighted by Crippen LogP contribution is -2.31. The lowest BCUT2D eigenvalue weighted by Gasteiger charge is -2.30. The van der Waals surface area contributed by atoms with Gasteiger partial charge in [-0.2, -0.15) is 5.10 Å². The molecule has 3 rings (SSSR count). The van der Waals surface area contributed by atoms with E-state index in [1.165, 1.54) is 30.2 Å². The molecule has 0 bridgehead atoms. The minimum atomic E-state index is 0.323. The summed E-state index contributed by atoms with van der Waals surface area (Å²) in [7, 11) is 0. The van der Waals surface area contributed by atoms with E-state index in [0.29, 0.717) is 29.0 Å². The summed E-state index contributed by atoms with van der Waals surface area (Å²) >= 11 is 6.03. The molecule has 1 unspecified atom stereocenters. The van der Waals surface area contributed by atoms with Gasteiger partial charge in [0.2, 0.25) is 0 Å². The predicted octanol–water partition coefficient (Wildman–Crippen LogP) is 4.27. The maximum Gasteiger partial charge on any atom is 0.155 e. The van der Waals surface area contributed by atoms with Crippen LogP contribution in [-0.2, 0) is 0 Å². The molecule has 0 N–H and O–H groups in total. The third-order valence-electron chi connectivity index (χ3n) is 4.82. The second kappa shape index (κ2) is 8.48. The normalized spacial score (nSPS) is 20.2. The van der Waals surface area contributed by atoms with Crippen LogP contribution < -0.4 is 4.74 Å². The van der Waals surface area contributed by atoms with Gasteiger partial charge in [-0.15, -0.1) is 0 Å². The number of aldehydes is 1. The molecule has 0 spiro atoms. The van der Waals surface area contributed by atoms with Crippen molar-refractivity contribution < 1.29 is 9.53 Å². The van der Waals surface area contributed by atoms with Crippen molar-refractivity contribution in [3.8, 4) is 5.75 Å². The summed E-state index contributed by atoms with van der Waals surface area (Å²) in [4.78, 5) is 15.3. The number of carbonyl (C=O) groups excluding carboxylic acids is 1. The van der Waals surface area contributed by atoms with E-state index >= 15 is 0 Å². The Morgan fingerprint density at radius 1 is 1.36 bits per heavy atom. The molecule has 2 aliphatic rings. The minimum Gasteiger partial charge on any atom is -0.487 e. The van der Waals surface area contributed by atoms with E-state index in [4.69, 9.17) is 16.3 Å². The van der Waals surface area contributed by atoms with Crippen LogP contribution in [0.2, 0.25) is 5.02 Å². The second-order valence-corrected chi connectivity index (χ2v) is 6.90. The zero-order valence-electron chi connectivity index (χ0n) is 14.6. The molecule has 25 heavy (non-hydrogen) atoms. The first-order valence-corrected chi connectivity index (χ1v) is 9.33. The maximum absolute atomic E-state index is 11.3. The fourth-order valence-electron chi connectivity index (χ4n) is 3.60. The number of hydrazone groups is 1. The highest BCUT2D eigenvalue weighted by Crippen LogP contribution is 2.33. The summed E-state index contributed by atoms with van der Waals surface area (Å²) in [6.45, 7) is 3.64. The third-order valence-corrected chi connectivity index (χ3v) is 5.13. The minimum absolute atomic E-state index is 0.323. The Labute approximate surface area is 153 Å². The van der Waals surface area contributed by atoms with Crippen molar-refractivity contribution in [1.82, 2.24) is 9.99 Å². The summed E-state index contributed by atoms with van der Waals surface area (Å²) in [5.74, 6) is 0.452. The van der Waals surface area contributed by atoms with Gasteiger partial charge in [0.05, 0.1) is 22.8 Å². The van der Waals surface area contributed by atoms with Crippen LogP contribution in [0.15, 0.2) is 28.6 Å². The van der Waals surface area contributed by atoms with Crippen LogP contribution in [0.5, 0.6) is 5.75 Å². The highest BCUT2D eigenvalue weighted by Gasteiger charge is 2.28. The van der Waals surface area contributed by atoms with Gasteiger partial charge in [-0.05, 0) is 43.3 Å². The van der Waals surface area contributed by atoms with Gasteiger partial charge < -0.3 is 4.74 Å². The summed E-state index contributed by atoms with van der Waals surface area (Å²) in [5.41, 5.74) is 3.16. The number of carbonyl (C=O) groups is 1. The first-order chi connectivity index (χ1) is 12.2. The average Bonchev–Trinajstić information content (AvgIpc) is 3.08. The Hall–Kier alpha value is -1.88. The number of pyridine rings is 1. The Bertz CT molecular complexity index is 687. The van der Waals surface area contributed by atoms with Gasteiger partial charge in [0.15, 0.2) is 6.29 Å². The Kier molecular flexibility index (Phi) is 6.08. The molecule has 0 saturated carbocycles. The van der Waals surface area contributed by atoms with Crippen LogP contribution in [0.25, 0.3) is 0 Å². The number of aromatic nitrogens is 1. The fraction of sp³-hybridized carbons (Fsp3) is 0.526. The molecule has 0 saturated heterocycles. The largest absolute Gasteiger partial charge is 0.487 e. The number of hydrogen-bond acceptors (Lipinski definition) is 5. The average molecular weight is 362 g/mol. The first kappa shape index (κ1) is 17.9. The summed E-state index contributed by atoms with van der Waals surface area (Å²) in [5, 5.41) is 7.06. The Balaban J connectivity index is 1.78. The molecule has 0 radical (unpaired) electrons. The molecule has 1 aliphatic carbocycles. The lowest BCUT2D eigenvalue weighted by atomic mass is 9.86. The smallest absolute Gasteiger partial charge is 0.155 e. The van der Waals surface area contributed by atoms with Gasteiger partial charge in [-0.3, -0.25) is 14.8 Å². The van der Waals surface area contributed by atoms with Crippen molar-refractivity contribution >= 4 is 24.1 Å². The molecule has 6 heteroatoms. The Morgan fingerprint density at radius 3 is 3.00 bits per heavy atom. The van der Waals surface area contributed by atoms with Crippen LogP contribution in [0.1, 0.15) is 55.8 Å². The molecule has 1 aliphatic heterocycles. The van der Waals surface area contributed by atoms with Gasteiger partial charge in [0, 0.05) is 25.4 Å². The van der Waals surface area contributed by atoms with E-state index in [1.807, 2.05) is 6.21 Å². The van der Waals surface area contributed by atoms with Crippen LogP contribution in [-0.4, -0.2) is 41.7 Å². The number of hydrogen-bond donors (Lipinski definition) is 0. The maximum atomic E-state index is 11.3. The van der Waals surface area contributed by atoms with Crippen LogP contribution >= 0.6 is 11.6 Å². The molecule has 1 aromatic heterocycles. The van der Waals surface area contributed by atoms with E-state index in [2.05, 4.69) is 22.0 Å². The van der Waals surface area contributed by atoms with Crippen LogP contribution in [0.4, 0.5) is 0 Å². The zero-order valence-corrected chi connectivity index (χ0v) is 15.3. The molecule has 0 fully saturated rings. The van der Waals surface area contributed by atoms with E-state index < -0.39 is 0 Å². The van der Waals surface area contributed by atoms with Gasteiger partial charge in [0.25, 0.3) is 0 Å². The SMILES string of the molecule is CCCN1N=CCC1C1=C(COc2cncc(Cl)c2C=O)CCCC1. The molecule has 1 aromatic rings. The van der Waals surface area contributed by atoms with Crippen molar-refractivity contribution in [1.29, 1.82) is 0 Å². The van der Waals surface area contributed by atoms with Crippen LogP contribution in [0, 0.1) is 0 Å². The monoisotopic (exact) mass is 361 g/mol. The molecular weight excluding hydrogens is 338 g/mol. The van der Waals surface area contributed by atoms with Crippen molar-refractivity contribution in [2.24, 2.45) is 5.10 Å². The highest BCUT2D eigenvalue weighted by molar-refractivity contribution is 6.33. The molecular formula is C19H24ClN3O2. The van der Waals surface area contributed by atoms with E-state index in [-0.39, 0.29) is 0 Å². The van der Waals surface area contributed by atoms with E-state index in [0.717, 1.165) is 38.5 Å². The number of nitrogens with zero attached hydrogens (tertiary/aromatic N) is 3. The van der Waals surface area contributed by atoms with Gasteiger partial charge in [-0.25, -0.2) is 0 Å². The van der Waals surface area contributed by atoms with Gasteiger partial charge in [-0.1, -0.05) is 18.5 Å². The molecule has 2 heterocycles. The molecule has 1 atom stereocenters. The predicted molar refractivity (Wildman–Crippen MR) is 99.5 cm³/mol. The first-order valence-electron chi connectivity index (χ1n) is 8.96. The molecule has 0 amide bonds. The van der Waals surface area contributed by atoms with E-state index in [9.17, 15) is 4.79 Å². The molecule has 0 aromatic carbocycles. The number of halogens is 1. The number of ether oxygens (including phenoxy) is 1. The van der Waals surface area contributed by atoms with Crippen LogP contribution in [0.3, 0.4) is 0 Å². The second-order valence-electron chi connectivity index (χ2n) is 6.49. The van der Waals surface area contributed by atoms with E-state index in [1.54, 1.807) is 6.20 Å².